The number of ether oxygens (including phenoxy) is 1. The van der Waals surface area contributed by atoms with E-state index in [9.17, 15) is 9.18 Å². The molecule has 0 spiro atoms. The average Bonchev–Trinajstić information content (AvgIpc) is 3.53. The fourth-order valence-corrected chi connectivity index (χ4v) is 4.21. The fourth-order valence-electron chi connectivity index (χ4n) is 3.40. The van der Waals surface area contributed by atoms with Gasteiger partial charge in [-0.3, -0.25) is 9.36 Å². The Bertz CT molecular complexity index is 1030. The molecule has 1 heterocycles. The van der Waals surface area contributed by atoms with Crippen LogP contribution >= 0.6 is 11.8 Å². The molecular weight excluding hydrogens is 403 g/mol. The number of benzene rings is 2. The Labute approximate surface area is 178 Å². The van der Waals surface area contributed by atoms with Gasteiger partial charge in [0.15, 0.2) is 5.16 Å². The second-order valence-corrected chi connectivity index (χ2v) is 8.23. The van der Waals surface area contributed by atoms with Gasteiger partial charge in [-0.2, -0.15) is 0 Å². The number of nitrogens with one attached hydrogen (secondary N) is 1. The van der Waals surface area contributed by atoms with Crippen molar-refractivity contribution >= 4 is 17.7 Å². The summed E-state index contributed by atoms with van der Waals surface area (Å²) < 4.78 is 20.5. The summed E-state index contributed by atoms with van der Waals surface area (Å²) in [4.78, 5) is 12.7. The second-order valence-electron chi connectivity index (χ2n) is 7.29. The zero-order chi connectivity index (χ0) is 21.1. The lowest BCUT2D eigenvalue weighted by Gasteiger charge is -2.19. The van der Waals surface area contributed by atoms with Crippen LogP contribution in [-0.2, 0) is 4.79 Å². The molecule has 8 heteroatoms. The SMILES string of the molecule is COc1cccc(-n2c(C)nnc2SCC(=O)NC(c2ccc(F)cc2)C2CC2)c1. The number of hydrogen-bond donors (Lipinski definition) is 1. The van der Waals surface area contributed by atoms with E-state index in [0.29, 0.717) is 11.1 Å². The van der Waals surface area contributed by atoms with Crippen LogP contribution in [-0.4, -0.2) is 33.5 Å². The number of thioether (sulfide) groups is 1. The van der Waals surface area contributed by atoms with Gasteiger partial charge >= 0.3 is 0 Å². The Balaban J connectivity index is 1.44. The van der Waals surface area contributed by atoms with Gasteiger partial charge in [-0.1, -0.05) is 30.0 Å². The van der Waals surface area contributed by atoms with Crippen LogP contribution in [0.5, 0.6) is 5.75 Å². The third-order valence-electron chi connectivity index (χ3n) is 5.08. The molecule has 1 saturated carbocycles. The first-order valence-corrected chi connectivity index (χ1v) is 10.8. The zero-order valence-corrected chi connectivity index (χ0v) is 17.7. The van der Waals surface area contributed by atoms with Gasteiger partial charge in [0.05, 0.1) is 24.6 Å². The van der Waals surface area contributed by atoms with Gasteiger partial charge in [0, 0.05) is 6.07 Å². The molecule has 156 valence electrons. The Kier molecular flexibility index (Phi) is 6.03. The minimum Gasteiger partial charge on any atom is -0.497 e. The summed E-state index contributed by atoms with van der Waals surface area (Å²) in [5.74, 6) is 1.73. The van der Waals surface area contributed by atoms with E-state index in [4.69, 9.17) is 4.74 Å². The van der Waals surface area contributed by atoms with Gasteiger partial charge in [0.2, 0.25) is 5.91 Å². The Morgan fingerprint density at radius 1 is 1.27 bits per heavy atom. The molecule has 0 radical (unpaired) electrons. The molecule has 4 rings (SSSR count). The van der Waals surface area contributed by atoms with E-state index in [0.717, 1.165) is 35.7 Å². The van der Waals surface area contributed by atoms with Crippen molar-refractivity contribution in [3.8, 4) is 11.4 Å². The first-order valence-electron chi connectivity index (χ1n) is 9.79. The molecule has 0 aliphatic heterocycles. The molecule has 1 atom stereocenters. The molecule has 3 aromatic rings. The number of amides is 1. The van der Waals surface area contributed by atoms with Crippen LogP contribution in [0.3, 0.4) is 0 Å². The van der Waals surface area contributed by atoms with Gasteiger partial charge in [-0.25, -0.2) is 4.39 Å². The predicted octanol–water partition coefficient (Wildman–Crippen LogP) is 4.08. The normalized spacial score (nSPS) is 14.4. The first kappa shape index (κ1) is 20.4. The highest BCUT2D eigenvalue weighted by atomic mass is 32.2. The van der Waals surface area contributed by atoms with Gasteiger partial charge in [-0.15, -0.1) is 10.2 Å². The maximum atomic E-state index is 13.3. The number of aryl methyl sites for hydroxylation is 1. The summed E-state index contributed by atoms with van der Waals surface area (Å²) in [5, 5.41) is 12.1. The molecule has 30 heavy (non-hydrogen) atoms. The van der Waals surface area contributed by atoms with E-state index in [1.54, 1.807) is 19.2 Å². The van der Waals surface area contributed by atoms with Crippen LogP contribution in [0, 0.1) is 18.7 Å². The summed E-state index contributed by atoms with van der Waals surface area (Å²) in [6.07, 6.45) is 2.14. The lowest BCUT2D eigenvalue weighted by molar-refractivity contribution is -0.119. The smallest absolute Gasteiger partial charge is 0.230 e. The molecule has 1 unspecified atom stereocenters. The number of nitrogens with zero attached hydrogens (tertiary/aromatic N) is 3. The summed E-state index contributed by atoms with van der Waals surface area (Å²) in [5.41, 5.74) is 1.81. The van der Waals surface area contributed by atoms with Crippen molar-refractivity contribution in [1.82, 2.24) is 20.1 Å². The van der Waals surface area contributed by atoms with Crippen LogP contribution in [0.25, 0.3) is 5.69 Å². The molecule has 6 nitrogen and oxygen atoms in total. The van der Waals surface area contributed by atoms with E-state index in [1.807, 2.05) is 35.8 Å². The van der Waals surface area contributed by atoms with Crippen LogP contribution < -0.4 is 10.1 Å². The molecule has 1 aliphatic carbocycles. The molecule has 0 bridgehead atoms. The molecule has 1 aromatic heterocycles. The summed E-state index contributed by atoms with van der Waals surface area (Å²) >= 11 is 1.33. The molecule has 1 aliphatic rings. The standard InChI is InChI=1S/C22H23FN4O2S/c1-14-25-26-22(27(14)18-4-3-5-19(12-18)29-2)30-13-20(28)24-21(15-6-7-15)16-8-10-17(23)11-9-16/h3-5,8-12,15,21H,6-7,13H2,1-2H3,(H,24,28). The Hall–Kier alpha value is -2.87. The highest BCUT2D eigenvalue weighted by Gasteiger charge is 2.33. The maximum absolute atomic E-state index is 13.3. The van der Waals surface area contributed by atoms with Crippen molar-refractivity contribution in [2.24, 2.45) is 5.92 Å². The number of halogens is 1. The lowest BCUT2D eigenvalue weighted by atomic mass is 10.0. The van der Waals surface area contributed by atoms with E-state index in [1.165, 1.54) is 23.9 Å². The van der Waals surface area contributed by atoms with E-state index in [-0.39, 0.29) is 23.5 Å². The largest absolute Gasteiger partial charge is 0.497 e. The summed E-state index contributed by atoms with van der Waals surface area (Å²) in [6, 6.07) is 13.9. The van der Waals surface area contributed by atoms with Gasteiger partial charge in [0.1, 0.15) is 17.4 Å². The van der Waals surface area contributed by atoms with Crippen molar-refractivity contribution in [2.75, 3.05) is 12.9 Å². The Morgan fingerprint density at radius 3 is 2.73 bits per heavy atom. The highest BCUT2D eigenvalue weighted by molar-refractivity contribution is 7.99. The third-order valence-corrected chi connectivity index (χ3v) is 6.01. The van der Waals surface area contributed by atoms with Gasteiger partial charge in [-0.05, 0) is 55.5 Å². The van der Waals surface area contributed by atoms with Gasteiger partial charge in [0.25, 0.3) is 0 Å². The predicted molar refractivity (Wildman–Crippen MR) is 113 cm³/mol. The second kappa shape index (κ2) is 8.87. The maximum Gasteiger partial charge on any atom is 0.230 e. The molecule has 0 saturated heterocycles. The number of hydrogen-bond acceptors (Lipinski definition) is 5. The number of rotatable bonds is 8. The summed E-state index contributed by atoms with van der Waals surface area (Å²) in [7, 11) is 1.62. The fraction of sp³-hybridized carbons (Fsp3) is 0.318. The highest BCUT2D eigenvalue weighted by Crippen LogP contribution is 2.41. The third kappa shape index (κ3) is 4.64. The topological polar surface area (TPSA) is 69.0 Å². The minimum atomic E-state index is -0.276. The molecular formula is C22H23FN4O2S. The monoisotopic (exact) mass is 426 g/mol. The van der Waals surface area contributed by atoms with E-state index in [2.05, 4.69) is 15.5 Å². The molecule has 1 fully saturated rings. The Morgan fingerprint density at radius 2 is 2.03 bits per heavy atom. The number of carbonyl (C=O) groups excluding carboxylic acids is 1. The molecule has 1 N–H and O–H groups in total. The average molecular weight is 427 g/mol. The minimum absolute atomic E-state index is 0.0842. The lowest BCUT2D eigenvalue weighted by Crippen LogP contribution is -2.31. The summed E-state index contributed by atoms with van der Waals surface area (Å²) in [6.45, 7) is 1.87. The van der Waals surface area contributed by atoms with Crippen molar-refractivity contribution in [2.45, 2.75) is 31.0 Å². The van der Waals surface area contributed by atoms with Gasteiger partial charge < -0.3 is 10.1 Å². The van der Waals surface area contributed by atoms with Crippen molar-refractivity contribution in [3.63, 3.8) is 0 Å². The zero-order valence-electron chi connectivity index (χ0n) is 16.8. The van der Waals surface area contributed by atoms with Crippen LogP contribution in [0.4, 0.5) is 4.39 Å². The van der Waals surface area contributed by atoms with Crippen molar-refractivity contribution < 1.29 is 13.9 Å². The van der Waals surface area contributed by atoms with Crippen LogP contribution in [0.1, 0.15) is 30.3 Å². The van der Waals surface area contributed by atoms with E-state index < -0.39 is 0 Å². The van der Waals surface area contributed by atoms with Crippen LogP contribution in [0.2, 0.25) is 0 Å². The number of carbonyl (C=O) groups is 1. The van der Waals surface area contributed by atoms with Crippen molar-refractivity contribution in [1.29, 1.82) is 0 Å². The first-order chi connectivity index (χ1) is 14.5. The number of methoxy groups -OCH3 is 1. The van der Waals surface area contributed by atoms with Crippen molar-refractivity contribution in [3.05, 3.63) is 65.7 Å². The molecule has 1 amide bonds. The van der Waals surface area contributed by atoms with E-state index >= 15 is 0 Å². The molecule has 2 aromatic carbocycles. The van der Waals surface area contributed by atoms with Crippen LogP contribution in [0.15, 0.2) is 53.7 Å². The number of aromatic nitrogens is 3. The quantitative estimate of drug-likeness (QED) is 0.550.